The van der Waals surface area contributed by atoms with Gasteiger partial charge in [0.25, 0.3) is 0 Å². The van der Waals surface area contributed by atoms with Crippen molar-refractivity contribution in [1.82, 2.24) is 0 Å². The number of ketones is 1. The zero-order valence-electron chi connectivity index (χ0n) is 12.6. The minimum absolute atomic E-state index is 0.147. The number of carbonyl (C=O) groups is 2. The number of hydrogen-bond acceptors (Lipinski definition) is 3. The Kier molecular flexibility index (Phi) is 3.59. The summed E-state index contributed by atoms with van der Waals surface area (Å²) in [7, 11) is 0. The molecule has 3 heteroatoms. The second kappa shape index (κ2) is 4.77. The molecule has 3 atom stereocenters. The van der Waals surface area contributed by atoms with E-state index >= 15 is 0 Å². The number of Topliss-reactive ketones (excluding diaryl/α,β-unsaturated/α-hetero) is 1. The largest absolute Gasteiger partial charge is 0.462 e. The van der Waals surface area contributed by atoms with Crippen LogP contribution in [-0.4, -0.2) is 18.4 Å². The molecule has 0 amide bonds. The van der Waals surface area contributed by atoms with E-state index in [1.807, 2.05) is 0 Å². The number of hydrogen-bond donors (Lipinski definition) is 0. The van der Waals surface area contributed by atoms with E-state index in [0.717, 1.165) is 18.4 Å². The van der Waals surface area contributed by atoms with Gasteiger partial charge in [0.1, 0.15) is 5.57 Å². The molecular weight excluding hydrogens is 240 g/mol. The summed E-state index contributed by atoms with van der Waals surface area (Å²) in [5.74, 6) is 0.910. The van der Waals surface area contributed by atoms with E-state index in [1.54, 1.807) is 6.92 Å². The summed E-state index contributed by atoms with van der Waals surface area (Å²) in [6.45, 7) is 10.4. The van der Waals surface area contributed by atoms with Crippen LogP contribution in [0, 0.1) is 23.2 Å². The van der Waals surface area contributed by atoms with Crippen molar-refractivity contribution in [2.45, 2.75) is 47.5 Å². The molecule has 2 rings (SSSR count). The summed E-state index contributed by atoms with van der Waals surface area (Å²) < 4.78 is 5.05. The molecule has 106 valence electrons. The lowest BCUT2D eigenvalue weighted by atomic mass is 9.67. The van der Waals surface area contributed by atoms with Crippen molar-refractivity contribution in [2.24, 2.45) is 23.2 Å². The fourth-order valence-electron chi connectivity index (χ4n) is 3.90. The average Bonchev–Trinajstić information content (AvgIpc) is 2.80. The van der Waals surface area contributed by atoms with Crippen LogP contribution >= 0.6 is 0 Å². The maximum atomic E-state index is 12.0. The lowest BCUT2D eigenvalue weighted by Crippen LogP contribution is -2.31. The first-order chi connectivity index (χ1) is 8.80. The summed E-state index contributed by atoms with van der Waals surface area (Å²) >= 11 is 0. The van der Waals surface area contributed by atoms with Crippen LogP contribution in [0.25, 0.3) is 0 Å². The molecule has 0 spiro atoms. The molecule has 0 aromatic rings. The lowest BCUT2D eigenvalue weighted by Gasteiger charge is -2.37. The van der Waals surface area contributed by atoms with Gasteiger partial charge in [0.15, 0.2) is 5.78 Å². The molecule has 0 aliphatic heterocycles. The van der Waals surface area contributed by atoms with Crippen molar-refractivity contribution >= 4 is 11.8 Å². The van der Waals surface area contributed by atoms with Crippen molar-refractivity contribution in [3.05, 3.63) is 11.1 Å². The van der Waals surface area contributed by atoms with Crippen LogP contribution in [-0.2, 0) is 14.3 Å². The van der Waals surface area contributed by atoms with Crippen LogP contribution in [0.3, 0.4) is 0 Å². The van der Waals surface area contributed by atoms with Gasteiger partial charge < -0.3 is 4.74 Å². The molecule has 0 saturated heterocycles. The Hall–Kier alpha value is -1.12. The molecule has 2 fully saturated rings. The number of fused-ring (bicyclic) bond motifs is 2. The number of rotatable bonds is 3. The summed E-state index contributed by atoms with van der Waals surface area (Å²) in [6.07, 6.45) is 2.00. The molecule has 2 aliphatic rings. The highest BCUT2D eigenvalue weighted by molar-refractivity contribution is 6.17. The third-order valence-electron chi connectivity index (χ3n) is 5.43. The summed E-state index contributed by atoms with van der Waals surface area (Å²) in [6, 6.07) is 0. The zero-order valence-corrected chi connectivity index (χ0v) is 12.6. The Morgan fingerprint density at radius 1 is 1.37 bits per heavy atom. The van der Waals surface area contributed by atoms with Gasteiger partial charge in [-0.25, -0.2) is 4.79 Å². The van der Waals surface area contributed by atoms with Crippen LogP contribution in [0.5, 0.6) is 0 Å². The molecule has 2 bridgehead atoms. The van der Waals surface area contributed by atoms with Gasteiger partial charge in [-0.3, -0.25) is 4.79 Å². The normalized spacial score (nSPS) is 34.3. The predicted octanol–water partition coefficient (Wildman–Crippen LogP) is 3.14. The first-order valence-corrected chi connectivity index (χ1v) is 7.21. The molecule has 0 N–H and O–H groups in total. The molecule has 2 aliphatic carbocycles. The molecule has 3 nitrogen and oxygen atoms in total. The molecule has 0 aromatic heterocycles. The van der Waals surface area contributed by atoms with Crippen LogP contribution < -0.4 is 0 Å². The third-order valence-corrected chi connectivity index (χ3v) is 5.43. The molecule has 3 unspecified atom stereocenters. The maximum Gasteiger partial charge on any atom is 0.341 e. The molecule has 19 heavy (non-hydrogen) atoms. The minimum atomic E-state index is -0.428. The van der Waals surface area contributed by atoms with E-state index in [2.05, 4.69) is 20.8 Å². The highest BCUT2D eigenvalue weighted by Gasteiger charge is 2.54. The standard InChI is InChI=1S/C16H24O3/c1-6-19-15(18)14(10(3)17)13-8-11-7-12(13)9(2)16(11,4)5/h9,11-12H,6-8H2,1-5H3. The van der Waals surface area contributed by atoms with Gasteiger partial charge in [-0.1, -0.05) is 20.8 Å². The van der Waals surface area contributed by atoms with Crippen molar-refractivity contribution in [2.75, 3.05) is 6.61 Å². The van der Waals surface area contributed by atoms with Gasteiger partial charge in [0, 0.05) is 0 Å². The summed E-state index contributed by atoms with van der Waals surface area (Å²) in [4.78, 5) is 23.8. The van der Waals surface area contributed by atoms with Gasteiger partial charge in [-0.05, 0) is 55.4 Å². The van der Waals surface area contributed by atoms with E-state index in [-0.39, 0.29) is 5.78 Å². The average molecular weight is 264 g/mol. The second-order valence-corrected chi connectivity index (χ2v) is 6.53. The molecule has 0 radical (unpaired) electrons. The summed E-state index contributed by atoms with van der Waals surface area (Å²) in [5, 5.41) is 0. The number of ether oxygens (including phenoxy) is 1. The fraction of sp³-hybridized carbons (Fsp3) is 0.750. The predicted molar refractivity (Wildman–Crippen MR) is 73.5 cm³/mol. The summed E-state index contributed by atoms with van der Waals surface area (Å²) in [5.41, 5.74) is 1.70. The van der Waals surface area contributed by atoms with Crippen LogP contribution in [0.15, 0.2) is 11.1 Å². The van der Waals surface area contributed by atoms with Gasteiger partial charge in [0.2, 0.25) is 0 Å². The smallest absolute Gasteiger partial charge is 0.341 e. The van der Waals surface area contributed by atoms with Crippen LogP contribution in [0.1, 0.15) is 47.5 Å². The van der Waals surface area contributed by atoms with Gasteiger partial charge in [-0.15, -0.1) is 0 Å². The topological polar surface area (TPSA) is 43.4 Å². The Morgan fingerprint density at radius 3 is 2.42 bits per heavy atom. The zero-order chi connectivity index (χ0) is 14.4. The van der Waals surface area contributed by atoms with E-state index in [0.29, 0.717) is 35.3 Å². The van der Waals surface area contributed by atoms with Gasteiger partial charge >= 0.3 is 5.97 Å². The Balaban J connectivity index is 2.38. The SMILES string of the molecule is CCOC(=O)C(C(C)=O)=C1CC2CC1C(C)C2(C)C. The van der Waals surface area contributed by atoms with Crippen molar-refractivity contribution < 1.29 is 14.3 Å². The maximum absolute atomic E-state index is 12.0. The molecular formula is C16H24O3. The van der Waals surface area contributed by atoms with Gasteiger partial charge in [-0.2, -0.15) is 0 Å². The third kappa shape index (κ3) is 2.13. The number of esters is 1. The van der Waals surface area contributed by atoms with Crippen molar-refractivity contribution in [3.63, 3.8) is 0 Å². The fourth-order valence-corrected chi connectivity index (χ4v) is 3.90. The lowest BCUT2D eigenvalue weighted by molar-refractivity contribution is -0.140. The Morgan fingerprint density at radius 2 is 2.00 bits per heavy atom. The first kappa shape index (κ1) is 14.3. The minimum Gasteiger partial charge on any atom is -0.462 e. The van der Waals surface area contributed by atoms with E-state index < -0.39 is 5.97 Å². The van der Waals surface area contributed by atoms with Crippen molar-refractivity contribution in [1.29, 1.82) is 0 Å². The second-order valence-electron chi connectivity index (χ2n) is 6.53. The van der Waals surface area contributed by atoms with E-state index in [9.17, 15) is 9.59 Å². The van der Waals surface area contributed by atoms with E-state index in [4.69, 9.17) is 4.74 Å². The van der Waals surface area contributed by atoms with Crippen LogP contribution in [0.4, 0.5) is 0 Å². The highest BCUT2D eigenvalue weighted by Crippen LogP contribution is 2.61. The molecule has 0 heterocycles. The number of carbonyl (C=O) groups excluding carboxylic acids is 2. The monoisotopic (exact) mass is 264 g/mol. The Labute approximate surface area is 115 Å². The van der Waals surface area contributed by atoms with E-state index in [1.165, 1.54) is 6.92 Å². The number of allylic oxidation sites excluding steroid dienone is 1. The highest BCUT2D eigenvalue weighted by atomic mass is 16.5. The van der Waals surface area contributed by atoms with Gasteiger partial charge in [0.05, 0.1) is 6.61 Å². The molecule has 2 saturated carbocycles. The van der Waals surface area contributed by atoms with Crippen LogP contribution in [0.2, 0.25) is 0 Å². The molecule has 0 aromatic carbocycles. The van der Waals surface area contributed by atoms with Crippen molar-refractivity contribution in [3.8, 4) is 0 Å². The first-order valence-electron chi connectivity index (χ1n) is 7.21. The Bertz CT molecular complexity index is 441. The quantitative estimate of drug-likeness (QED) is 0.340.